The normalized spacial score (nSPS) is 19.0. The molecule has 0 aliphatic carbocycles. The largest absolute Gasteiger partial charge is 0.444 e. The topological polar surface area (TPSA) is 38.8 Å². The molecule has 1 fully saturated rings. The zero-order chi connectivity index (χ0) is 18.8. The lowest BCUT2D eigenvalue weighted by molar-refractivity contribution is -0.137. The van der Waals surface area contributed by atoms with Crippen molar-refractivity contribution >= 4 is 6.09 Å². The third kappa shape index (κ3) is 5.88. The van der Waals surface area contributed by atoms with E-state index in [2.05, 4.69) is 0 Å². The molecular weight excluding hydrogens is 342 g/mol. The SMILES string of the molecule is CC(C)(C)OC(=O)N1CCOC(Cc2cc(F)cc(C(F)(F)F)c2)C1. The molecule has 0 radical (unpaired) electrons. The highest BCUT2D eigenvalue weighted by molar-refractivity contribution is 5.68. The maximum atomic E-state index is 13.5. The number of alkyl halides is 3. The molecule has 1 atom stereocenters. The number of halogens is 4. The number of hydrogen-bond acceptors (Lipinski definition) is 3. The molecule has 1 amide bonds. The van der Waals surface area contributed by atoms with Crippen molar-refractivity contribution in [2.24, 2.45) is 0 Å². The van der Waals surface area contributed by atoms with Gasteiger partial charge in [0.1, 0.15) is 11.4 Å². The summed E-state index contributed by atoms with van der Waals surface area (Å²) in [5.74, 6) is -0.954. The van der Waals surface area contributed by atoms with E-state index in [9.17, 15) is 22.4 Å². The fourth-order valence-electron chi connectivity index (χ4n) is 2.53. The Morgan fingerprint density at radius 1 is 1.28 bits per heavy atom. The lowest BCUT2D eigenvalue weighted by atomic mass is 10.0. The lowest BCUT2D eigenvalue weighted by Crippen LogP contribution is -2.48. The van der Waals surface area contributed by atoms with E-state index in [4.69, 9.17) is 9.47 Å². The van der Waals surface area contributed by atoms with Gasteiger partial charge in [0.25, 0.3) is 0 Å². The van der Waals surface area contributed by atoms with Gasteiger partial charge in [-0.25, -0.2) is 9.18 Å². The molecule has 0 aromatic heterocycles. The molecule has 8 heteroatoms. The summed E-state index contributed by atoms with van der Waals surface area (Å²) in [6, 6.07) is 2.40. The zero-order valence-electron chi connectivity index (χ0n) is 14.3. The molecule has 0 N–H and O–H groups in total. The number of carbonyl (C=O) groups is 1. The van der Waals surface area contributed by atoms with Gasteiger partial charge >= 0.3 is 12.3 Å². The summed E-state index contributed by atoms with van der Waals surface area (Å²) >= 11 is 0. The lowest BCUT2D eigenvalue weighted by Gasteiger charge is -2.34. The monoisotopic (exact) mass is 363 g/mol. The van der Waals surface area contributed by atoms with E-state index in [1.54, 1.807) is 20.8 Å². The zero-order valence-corrected chi connectivity index (χ0v) is 14.3. The van der Waals surface area contributed by atoms with Crippen LogP contribution < -0.4 is 0 Å². The van der Waals surface area contributed by atoms with Gasteiger partial charge in [-0.15, -0.1) is 0 Å². The van der Waals surface area contributed by atoms with Crippen molar-refractivity contribution < 1.29 is 31.8 Å². The van der Waals surface area contributed by atoms with Gasteiger partial charge in [0.2, 0.25) is 0 Å². The minimum atomic E-state index is -4.62. The molecule has 1 aliphatic rings. The molecule has 140 valence electrons. The van der Waals surface area contributed by atoms with Crippen molar-refractivity contribution in [2.45, 2.75) is 45.1 Å². The molecule has 0 spiro atoms. The number of hydrogen-bond donors (Lipinski definition) is 0. The first-order chi connectivity index (χ1) is 11.4. The van der Waals surface area contributed by atoms with Crippen LogP contribution in [0.1, 0.15) is 31.9 Å². The van der Waals surface area contributed by atoms with Crippen LogP contribution in [0.3, 0.4) is 0 Å². The van der Waals surface area contributed by atoms with E-state index in [1.165, 1.54) is 4.90 Å². The van der Waals surface area contributed by atoms with Gasteiger partial charge in [0.15, 0.2) is 0 Å². The summed E-state index contributed by atoms with van der Waals surface area (Å²) in [5, 5.41) is 0. The fourth-order valence-corrected chi connectivity index (χ4v) is 2.53. The Morgan fingerprint density at radius 3 is 2.56 bits per heavy atom. The third-order valence-corrected chi connectivity index (χ3v) is 3.54. The average molecular weight is 363 g/mol. The molecule has 0 saturated carbocycles. The van der Waals surface area contributed by atoms with Gasteiger partial charge in [-0.05, 0) is 44.5 Å². The number of ether oxygens (including phenoxy) is 2. The van der Waals surface area contributed by atoms with Crippen LogP contribution in [-0.2, 0) is 22.1 Å². The van der Waals surface area contributed by atoms with Crippen LogP contribution in [0.25, 0.3) is 0 Å². The second-order valence-electron chi connectivity index (χ2n) is 6.97. The van der Waals surface area contributed by atoms with Gasteiger partial charge in [-0.2, -0.15) is 13.2 Å². The van der Waals surface area contributed by atoms with Gasteiger partial charge in [0, 0.05) is 13.0 Å². The van der Waals surface area contributed by atoms with Crippen LogP contribution in [-0.4, -0.2) is 42.4 Å². The van der Waals surface area contributed by atoms with Gasteiger partial charge in [-0.3, -0.25) is 0 Å². The van der Waals surface area contributed by atoms with Crippen LogP contribution >= 0.6 is 0 Å². The molecule has 1 aromatic carbocycles. The molecule has 1 heterocycles. The number of amides is 1. The summed E-state index contributed by atoms with van der Waals surface area (Å²) in [6.45, 7) is 5.98. The highest BCUT2D eigenvalue weighted by atomic mass is 19.4. The first-order valence-corrected chi connectivity index (χ1v) is 7.90. The van der Waals surface area contributed by atoms with Crippen molar-refractivity contribution in [1.82, 2.24) is 4.90 Å². The van der Waals surface area contributed by atoms with E-state index in [-0.39, 0.29) is 25.1 Å². The fraction of sp³-hybridized carbons (Fsp3) is 0.588. The summed E-state index contributed by atoms with van der Waals surface area (Å²) < 4.78 is 62.6. The maximum absolute atomic E-state index is 13.5. The second-order valence-corrected chi connectivity index (χ2v) is 6.97. The smallest absolute Gasteiger partial charge is 0.416 e. The van der Waals surface area contributed by atoms with E-state index in [0.29, 0.717) is 12.6 Å². The van der Waals surface area contributed by atoms with Crippen LogP contribution in [0.4, 0.5) is 22.4 Å². The molecule has 25 heavy (non-hydrogen) atoms. The van der Waals surface area contributed by atoms with Crippen LogP contribution in [0, 0.1) is 5.82 Å². The summed E-state index contributed by atoms with van der Waals surface area (Å²) in [7, 11) is 0. The Morgan fingerprint density at radius 2 is 1.96 bits per heavy atom. The predicted octanol–water partition coefficient (Wildman–Crippen LogP) is 4.02. The summed E-state index contributed by atoms with van der Waals surface area (Å²) in [5.41, 5.74) is -1.51. The third-order valence-electron chi connectivity index (χ3n) is 3.54. The van der Waals surface area contributed by atoms with Gasteiger partial charge < -0.3 is 14.4 Å². The second kappa shape index (κ2) is 7.19. The minimum absolute atomic E-state index is 0.0696. The van der Waals surface area contributed by atoms with E-state index < -0.39 is 35.4 Å². The summed E-state index contributed by atoms with van der Waals surface area (Å²) in [4.78, 5) is 13.5. The van der Waals surface area contributed by atoms with Crippen LogP contribution in [0.15, 0.2) is 18.2 Å². The predicted molar refractivity (Wildman–Crippen MR) is 82.7 cm³/mol. The highest BCUT2D eigenvalue weighted by Crippen LogP contribution is 2.31. The molecule has 0 bridgehead atoms. The van der Waals surface area contributed by atoms with Crippen LogP contribution in [0.5, 0.6) is 0 Å². The molecule has 1 unspecified atom stereocenters. The van der Waals surface area contributed by atoms with E-state index in [0.717, 1.165) is 12.1 Å². The number of benzene rings is 1. The quantitative estimate of drug-likeness (QED) is 0.745. The molecule has 2 rings (SSSR count). The Bertz CT molecular complexity index is 625. The minimum Gasteiger partial charge on any atom is -0.444 e. The van der Waals surface area contributed by atoms with Crippen molar-refractivity contribution in [3.05, 3.63) is 35.1 Å². The molecule has 1 aliphatic heterocycles. The molecular formula is C17H21F4NO3. The van der Waals surface area contributed by atoms with Crippen molar-refractivity contribution in [3.8, 4) is 0 Å². The standard InChI is InChI=1S/C17H21F4NO3/c1-16(2,3)25-15(23)22-4-5-24-14(10-22)8-11-6-12(17(19,20)21)9-13(18)7-11/h6-7,9,14H,4-5,8,10H2,1-3H3. The Hall–Kier alpha value is -1.83. The maximum Gasteiger partial charge on any atom is 0.416 e. The molecule has 4 nitrogen and oxygen atoms in total. The number of rotatable bonds is 2. The number of morpholine rings is 1. The van der Waals surface area contributed by atoms with E-state index in [1.807, 2.05) is 0 Å². The number of nitrogens with zero attached hydrogens (tertiary/aromatic N) is 1. The van der Waals surface area contributed by atoms with Crippen LogP contribution in [0.2, 0.25) is 0 Å². The van der Waals surface area contributed by atoms with Crippen molar-refractivity contribution in [3.63, 3.8) is 0 Å². The molecule has 1 aromatic rings. The van der Waals surface area contributed by atoms with Crippen molar-refractivity contribution in [1.29, 1.82) is 0 Å². The number of carbonyl (C=O) groups excluding carboxylic acids is 1. The first-order valence-electron chi connectivity index (χ1n) is 7.90. The Balaban J connectivity index is 2.05. The first kappa shape index (κ1) is 19.5. The Labute approximate surface area is 143 Å². The van der Waals surface area contributed by atoms with E-state index >= 15 is 0 Å². The average Bonchev–Trinajstić information content (AvgIpc) is 2.44. The highest BCUT2D eigenvalue weighted by Gasteiger charge is 2.32. The summed E-state index contributed by atoms with van der Waals surface area (Å²) in [6.07, 6.45) is -5.58. The molecule has 1 saturated heterocycles. The van der Waals surface area contributed by atoms with Crippen molar-refractivity contribution in [2.75, 3.05) is 19.7 Å². The Kier molecular flexibility index (Phi) is 5.61. The van der Waals surface area contributed by atoms with Gasteiger partial charge in [-0.1, -0.05) is 0 Å². The van der Waals surface area contributed by atoms with Gasteiger partial charge in [0.05, 0.1) is 24.8 Å².